The molecule has 3 heterocycles. The Morgan fingerprint density at radius 1 is 1.25 bits per heavy atom. The third-order valence-corrected chi connectivity index (χ3v) is 8.00. The average Bonchev–Trinajstić information content (AvgIpc) is 3.26. The highest BCUT2D eigenvalue weighted by Gasteiger charge is 2.32. The van der Waals surface area contributed by atoms with E-state index in [9.17, 15) is 13.2 Å². The second-order valence-electron chi connectivity index (χ2n) is 8.20. The molecule has 1 atom stereocenters. The smallest absolute Gasteiger partial charge is 0.243 e. The van der Waals surface area contributed by atoms with Crippen molar-refractivity contribution in [3.05, 3.63) is 48.3 Å². The van der Waals surface area contributed by atoms with Gasteiger partial charge in [-0.1, -0.05) is 18.2 Å². The number of carbonyl (C=O) groups is 1. The molecule has 0 bridgehead atoms. The minimum atomic E-state index is -3.66. The lowest BCUT2D eigenvalue weighted by atomic mass is 9.97. The largest absolute Gasteiger partial charge is 0.352 e. The van der Waals surface area contributed by atoms with Gasteiger partial charge in [0, 0.05) is 37.9 Å². The molecule has 1 saturated heterocycles. The van der Waals surface area contributed by atoms with Crippen molar-refractivity contribution in [2.45, 2.75) is 50.6 Å². The lowest BCUT2D eigenvalue weighted by molar-refractivity contribution is -0.126. The van der Waals surface area contributed by atoms with E-state index < -0.39 is 10.0 Å². The van der Waals surface area contributed by atoms with E-state index in [-0.39, 0.29) is 22.8 Å². The van der Waals surface area contributed by atoms with E-state index in [1.807, 2.05) is 16.8 Å². The zero-order valence-electron chi connectivity index (χ0n) is 18.3. The van der Waals surface area contributed by atoms with Gasteiger partial charge < -0.3 is 5.32 Å². The Hall–Kier alpha value is -2.85. The van der Waals surface area contributed by atoms with E-state index >= 15 is 0 Å². The fourth-order valence-corrected chi connectivity index (χ4v) is 5.41. The Morgan fingerprint density at radius 3 is 2.72 bits per heavy atom. The Bertz CT molecular complexity index is 1190. The molecular weight excluding hydrogens is 428 g/mol. The van der Waals surface area contributed by atoms with E-state index in [0.29, 0.717) is 38.0 Å². The number of hydrogen-bond acceptors (Lipinski definition) is 6. The molecule has 9 nitrogen and oxygen atoms in total. The SMILES string of the molecule is CC[C@@H](C)n1nnc2cc(S(=O)(=O)N3CCC(C(=O)NCc4cccnc4)CC3)ccc21. The summed E-state index contributed by atoms with van der Waals surface area (Å²) in [6.45, 7) is 5.16. The summed E-state index contributed by atoms with van der Waals surface area (Å²) in [5.74, 6) is -0.245. The number of pyridine rings is 1. The maximum absolute atomic E-state index is 13.2. The van der Waals surface area contributed by atoms with Crippen molar-refractivity contribution in [3.8, 4) is 0 Å². The molecule has 0 saturated carbocycles. The third-order valence-electron chi connectivity index (χ3n) is 6.10. The normalized spacial score (nSPS) is 16.8. The van der Waals surface area contributed by atoms with Crippen molar-refractivity contribution in [2.75, 3.05) is 13.1 Å². The standard InChI is InChI=1S/C22H28N6O3S/c1-3-16(2)28-21-7-6-19(13-20(21)25-26-28)32(30,31)27-11-8-18(9-12-27)22(29)24-15-17-5-4-10-23-14-17/h4-7,10,13-14,16,18H,3,8-9,11-12,15H2,1-2H3,(H,24,29)/t16-/m1/s1. The van der Waals surface area contributed by atoms with Crippen molar-refractivity contribution < 1.29 is 13.2 Å². The van der Waals surface area contributed by atoms with Gasteiger partial charge in [-0.3, -0.25) is 9.78 Å². The van der Waals surface area contributed by atoms with Crippen LogP contribution in [-0.4, -0.2) is 51.7 Å². The topological polar surface area (TPSA) is 110 Å². The van der Waals surface area contributed by atoms with Crippen LogP contribution in [0.15, 0.2) is 47.6 Å². The molecule has 2 aromatic heterocycles. The number of nitrogens with zero attached hydrogens (tertiary/aromatic N) is 5. The molecule has 32 heavy (non-hydrogen) atoms. The molecule has 1 fully saturated rings. The van der Waals surface area contributed by atoms with Gasteiger partial charge in [-0.15, -0.1) is 5.10 Å². The summed E-state index contributed by atoms with van der Waals surface area (Å²) in [7, 11) is -3.66. The van der Waals surface area contributed by atoms with Gasteiger partial charge in [0.25, 0.3) is 0 Å². The predicted octanol–water partition coefficient (Wildman–Crippen LogP) is 2.51. The van der Waals surface area contributed by atoms with Crippen molar-refractivity contribution in [2.24, 2.45) is 5.92 Å². The zero-order valence-corrected chi connectivity index (χ0v) is 19.1. The number of hydrogen-bond donors (Lipinski definition) is 1. The Balaban J connectivity index is 1.39. The molecule has 1 aliphatic heterocycles. The first-order chi connectivity index (χ1) is 15.4. The van der Waals surface area contributed by atoms with Crippen LogP contribution in [0.2, 0.25) is 0 Å². The lowest BCUT2D eigenvalue weighted by Crippen LogP contribution is -2.42. The molecule has 0 unspecified atom stereocenters. The van der Waals surface area contributed by atoms with Crippen molar-refractivity contribution in [1.82, 2.24) is 29.6 Å². The minimum absolute atomic E-state index is 0.0472. The molecule has 1 N–H and O–H groups in total. The number of nitrogens with one attached hydrogen (secondary N) is 1. The number of sulfonamides is 1. The number of piperidine rings is 1. The average molecular weight is 457 g/mol. The first kappa shape index (κ1) is 22.3. The molecule has 1 aliphatic rings. The highest BCUT2D eigenvalue weighted by Crippen LogP contribution is 2.27. The molecular formula is C22H28N6O3S. The molecule has 170 valence electrons. The van der Waals surface area contributed by atoms with Crippen LogP contribution < -0.4 is 5.32 Å². The number of carbonyl (C=O) groups excluding carboxylic acids is 1. The molecule has 0 spiro atoms. The van der Waals surface area contributed by atoms with Gasteiger partial charge >= 0.3 is 0 Å². The molecule has 1 amide bonds. The van der Waals surface area contributed by atoms with Crippen LogP contribution in [0.3, 0.4) is 0 Å². The number of aromatic nitrogens is 4. The highest BCUT2D eigenvalue weighted by molar-refractivity contribution is 7.89. The number of fused-ring (bicyclic) bond motifs is 1. The Kier molecular flexibility index (Phi) is 6.52. The molecule has 0 radical (unpaired) electrons. The molecule has 0 aliphatic carbocycles. The molecule has 3 aromatic rings. The van der Waals surface area contributed by atoms with Crippen LogP contribution in [0, 0.1) is 5.92 Å². The van der Waals surface area contributed by atoms with Gasteiger partial charge in [-0.05, 0) is 56.0 Å². The number of rotatable bonds is 7. The van der Waals surface area contributed by atoms with Crippen LogP contribution in [0.5, 0.6) is 0 Å². The van der Waals surface area contributed by atoms with E-state index in [4.69, 9.17) is 0 Å². The van der Waals surface area contributed by atoms with Gasteiger partial charge in [0.1, 0.15) is 5.52 Å². The second-order valence-corrected chi connectivity index (χ2v) is 10.1. The van der Waals surface area contributed by atoms with Gasteiger partial charge in [-0.25, -0.2) is 13.1 Å². The summed E-state index contributed by atoms with van der Waals surface area (Å²) in [5.41, 5.74) is 2.32. The van der Waals surface area contributed by atoms with E-state index in [0.717, 1.165) is 17.5 Å². The van der Waals surface area contributed by atoms with E-state index in [1.54, 1.807) is 30.6 Å². The third kappa shape index (κ3) is 4.51. The quantitative estimate of drug-likeness (QED) is 0.585. The lowest BCUT2D eigenvalue weighted by Gasteiger charge is -2.30. The van der Waals surface area contributed by atoms with Crippen molar-refractivity contribution >= 4 is 27.0 Å². The summed E-state index contributed by atoms with van der Waals surface area (Å²) in [6, 6.07) is 8.89. The molecule has 10 heteroatoms. The monoisotopic (exact) mass is 456 g/mol. The molecule has 1 aromatic carbocycles. The van der Waals surface area contributed by atoms with Crippen LogP contribution in [0.4, 0.5) is 0 Å². The summed E-state index contributed by atoms with van der Waals surface area (Å²) >= 11 is 0. The summed E-state index contributed by atoms with van der Waals surface area (Å²) in [5, 5.41) is 11.3. The Morgan fingerprint density at radius 2 is 2.03 bits per heavy atom. The summed E-state index contributed by atoms with van der Waals surface area (Å²) in [6.07, 6.45) is 5.29. The minimum Gasteiger partial charge on any atom is -0.352 e. The maximum atomic E-state index is 13.2. The number of benzene rings is 1. The van der Waals surface area contributed by atoms with Crippen LogP contribution >= 0.6 is 0 Å². The van der Waals surface area contributed by atoms with E-state index in [1.165, 1.54) is 4.31 Å². The fourth-order valence-electron chi connectivity index (χ4n) is 3.92. The van der Waals surface area contributed by atoms with Gasteiger partial charge in [0.05, 0.1) is 16.5 Å². The molecule has 4 rings (SSSR count). The van der Waals surface area contributed by atoms with E-state index in [2.05, 4.69) is 34.5 Å². The first-order valence-corrected chi connectivity index (χ1v) is 12.4. The maximum Gasteiger partial charge on any atom is 0.243 e. The summed E-state index contributed by atoms with van der Waals surface area (Å²) < 4.78 is 29.6. The van der Waals surface area contributed by atoms with Gasteiger partial charge in [-0.2, -0.15) is 4.31 Å². The predicted molar refractivity (Wildman–Crippen MR) is 120 cm³/mol. The second kappa shape index (κ2) is 9.33. The van der Waals surface area contributed by atoms with Crippen molar-refractivity contribution in [1.29, 1.82) is 0 Å². The Labute approximate surface area is 187 Å². The summed E-state index contributed by atoms with van der Waals surface area (Å²) in [4.78, 5) is 16.8. The fraction of sp³-hybridized carbons (Fsp3) is 0.455. The van der Waals surface area contributed by atoms with Crippen molar-refractivity contribution in [3.63, 3.8) is 0 Å². The number of amides is 1. The van der Waals surface area contributed by atoms with Gasteiger partial charge in [0.2, 0.25) is 15.9 Å². The van der Waals surface area contributed by atoms with Crippen LogP contribution in [0.1, 0.15) is 44.7 Å². The van der Waals surface area contributed by atoms with Crippen LogP contribution in [0.25, 0.3) is 11.0 Å². The van der Waals surface area contributed by atoms with Gasteiger partial charge in [0.15, 0.2) is 0 Å². The van der Waals surface area contributed by atoms with Crippen LogP contribution in [-0.2, 0) is 21.4 Å². The zero-order chi connectivity index (χ0) is 22.7. The first-order valence-electron chi connectivity index (χ1n) is 10.9. The highest BCUT2D eigenvalue weighted by atomic mass is 32.2.